The zero-order valence-corrected chi connectivity index (χ0v) is 16.8. The Morgan fingerprint density at radius 3 is 2.67 bits per heavy atom. The molecular formula is C23H17ClN4O2. The molecule has 0 saturated heterocycles. The summed E-state index contributed by atoms with van der Waals surface area (Å²) in [5.41, 5.74) is 6.40. The third-order valence-corrected chi connectivity index (χ3v) is 4.99. The molecule has 0 aliphatic carbocycles. The molecule has 2 aromatic heterocycles. The second kappa shape index (κ2) is 7.57. The number of nitrogens with one attached hydrogen (secondary N) is 2. The number of aromatic nitrogens is 2. The van der Waals surface area contributed by atoms with Crippen molar-refractivity contribution in [3.05, 3.63) is 83.2 Å². The number of rotatable bonds is 4. The first-order valence-electron chi connectivity index (χ1n) is 9.32. The molecular weight excluding hydrogens is 400 g/mol. The van der Waals surface area contributed by atoms with Crippen LogP contribution in [0.4, 0.5) is 5.95 Å². The monoisotopic (exact) mass is 416 g/mol. The summed E-state index contributed by atoms with van der Waals surface area (Å²) < 4.78 is 11.3. The second-order valence-corrected chi connectivity index (χ2v) is 7.13. The van der Waals surface area contributed by atoms with Crippen molar-refractivity contribution in [2.75, 3.05) is 12.5 Å². The van der Waals surface area contributed by atoms with Crippen LogP contribution in [0.2, 0.25) is 5.02 Å². The van der Waals surface area contributed by atoms with Gasteiger partial charge in [-0.15, -0.1) is 0 Å². The maximum absolute atomic E-state index is 6.22. The SMILES string of the molecule is COc1ccc(-c2c/c(=N\Nc3nc4ccccc4[nH]3)c3cc(Cl)ccc3o2)cc1. The first-order chi connectivity index (χ1) is 14.7. The highest BCUT2D eigenvalue weighted by Crippen LogP contribution is 2.25. The molecule has 5 aromatic rings. The van der Waals surface area contributed by atoms with Crippen molar-refractivity contribution in [1.29, 1.82) is 0 Å². The Morgan fingerprint density at radius 1 is 1.03 bits per heavy atom. The minimum absolute atomic E-state index is 0.554. The van der Waals surface area contributed by atoms with E-state index in [1.54, 1.807) is 13.2 Å². The molecule has 0 bridgehead atoms. The number of imidazole rings is 1. The van der Waals surface area contributed by atoms with E-state index in [0.29, 0.717) is 27.7 Å². The first-order valence-corrected chi connectivity index (χ1v) is 9.70. The Hall–Kier alpha value is -3.77. The Kier molecular flexibility index (Phi) is 4.61. The smallest absolute Gasteiger partial charge is 0.222 e. The van der Waals surface area contributed by atoms with Crippen LogP contribution in [0.5, 0.6) is 5.75 Å². The third-order valence-electron chi connectivity index (χ3n) is 4.75. The van der Waals surface area contributed by atoms with Gasteiger partial charge in [-0.25, -0.2) is 10.4 Å². The second-order valence-electron chi connectivity index (χ2n) is 6.69. The molecule has 0 saturated carbocycles. The van der Waals surface area contributed by atoms with Gasteiger partial charge in [-0.2, -0.15) is 5.10 Å². The number of halogens is 1. The standard InChI is InChI=1S/C23H17ClN4O2/c1-29-16-9-6-14(7-10-16)22-13-20(17-12-15(24)8-11-21(17)30-22)27-28-23-25-18-4-2-3-5-19(18)26-23/h2-13H,1H3,(H2,25,26,28)/b27-20+. The number of hydrogen-bond donors (Lipinski definition) is 2. The molecule has 5 rings (SSSR count). The van der Waals surface area contributed by atoms with Crippen LogP contribution in [0.3, 0.4) is 0 Å². The minimum atomic E-state index is 0.554. The van der Waals surface area contributed by atoms with Gasteiger partial charge in [-0.05, 0) is 54.6 Å². The number of fused-ring (bicyclic) bond motifs is 2. The zero-order valence-electron chi connectivity index (χ0n) is 16.0. The van der Waals surface area contributed by atoms with Crippen LogP contribution in [-0.4, -0.2) is 17.1 Å². The van der Waals surface area contributed by atoms with Crippen LogP contribution in [0.25, 0.3) is 33.3 Å². The van der Waals surface area contributed by atoms with Gasteiger partial charge in [0.15, 0.2) is 0 Å². The molecule has 2 heterocycles. The van der Waals surface area contributed by atoms with Crippen LogP contribution >= 0.6 is 11.6 Å². The predicted octanol–water partition coefficient (Wildman–Crippen LogP) is 5.57. The quantitative estimate of drug-likeness (QED) is 0.376. The highest BCUT2D eigenvalue weighted by molar-refractivity contribution is 6.31. The summed E-state index contributed by atoms with van der Waals surface area (Å²) in [6.45, 7) is 0. The molecule has 0 atom stereocenters. The fourth-order valence-corrected chi connectivity index (χ4v) is 3.42. The molecule has 0 aliphatic heterocycles. The van der Waals surface area contributed by atoms with Crippen LogP contribution < -0.4 is 15.5 Å². The summed E-state index contributed by atoms with van der Waals surface area (Å²) in [5.74, 6) is 2.01. The number of nitrogens with zero attached hydrogens (tertiary/aromatic N) is 2. The van der Waals surface area contributed by atoms with Crippen molar-refractivity contribution in [1.82, 2.24) is 9.97 Å². The van der Waals surface area contributed by atoms with E-state index >= 15 is 0 Å². The summed E-state index contributed by atoms with van der Waals surface area (Å²) in [6, 6.07) is 22.8. The van der Waals surface area contributed by atoms with Crippen molar-refractivity contribution in [3.63, 3.8) is 0 Å². The molecule has 0 amide bonds. The van der Waals surface area contributed by atoms with E-state index < -0.39 is 0 Å². The van der Waals surface area contributed by atoms with Crippen LogP contribution in [0.1, 0.15) is 0 Å². The van der Waals surface area contributed by atoms with Gasteiger partial charge in [0.1, 0.15) is 17.1 Å². The zero-order chi connectivity index (χ0) is 20.5. The lowest BCUT2D eigenvalue weighted by Crippen LogP contribution is -2.08. The van der Waals surface area contributed by atoms with Crippen LogP contribution in [-0.2, 0) is 0 Å². The van der Waals surface area contributed by atoms with Crippen molar-refractivity contribution in [2.24, 2.45) is 5.10 Å². The minimum Gasteiger partial charge on any atom is -0.497 e. The average Bonchev–Trinajstić information content (AvgIpc) is 3.20. The number of benzene rings is 3. The molecule has 0 unspecified atom stereocenters. The molecule has 148 valence electrons. The van der Waals surface area contributed by atoms with E-state index in [4.69, 9.17) is 20.8 Å². The van der Waals surface area contributed by atoms with Crippen LogP contribution in [0, 0.1) is 0 Å². The van der Waals surface area contributed by atoms with E-state index in [2.05, 4.69) is 20.5 Å². The first kappa shape index (κ1) is 18.3. The number of ether oxygens (including phenoxy) is 1. The fraction of sp³-hybridized carbons (Fsp3) is 0.0435. The van der Waals surface area contributed by atoms with E-state index in [1.165, 1.54) is 0 Å². The lowest BCUT2D eigenvalue weighted by molar-refractivity contribution is 0.415. The molecule has 2 N–H and O–H groups in total. The summed E-state index contributed by atoms with van der Waals surface area (Å²) in [7, 11) is 1.64. The van der Waals surface area contributed by atoms with E-state index in [9.17, 15) is 0 Å². The summed E-state index contributed by atoms with van der Waals surface area (Å²) in [6.07, 6.45) is 0. The molecule has 0 spiro atoms. The van der Waals surface area contributed by atoms with E-state index in [-0.39, 0.29) is 0 Å². The lowest BCUT2D eigenvalue weighted by atomic mass is 10.1. The van der Waals surface area contributed by atoms with Gasteiger partial charge in [0.2, 0.25) is 5.95 Å². The van der Waals surface area contributed by atoms with Gasteiger partial charge >= 0.3 is 0 Å². The highest BCUT2D eigenvalue weighted by Gasteiger charge is 2.08. The number of hydrogen-bond acceptors (Lipinski definition) is 5. The van der Waals surface area contributed by atoms with Gasteiger partial charge in [0, 0.05) is 22.0 Å². The predicted molar refractivity (Wildman–Crippen MR) is 118 cm³/mol. The molecule has 0 aliphatic rings. The van der Waals surface area contributed by atoms with Gasteiger partial charge in [0.05, 0.1) is 23.5 Å². The number of para-hydroxylation sites is 2. The van der Waals surface area contributed by atoms with Gasteiger partial charge in [-0.1, -0.05) is 23.7 Å². The molecule has 6 nitrogen and oxygen atoms in total. The maximum atomic E-state index is 6.22. The highest BCUT2D eigenvalue weighted by atomic mass is 35.5. The summed E-state index contributed by atoms with van der Waals surface area (Å²) in [5, 5.41) is 6.66. The van der Waals surface area contributed by atoms with Gasteiger partial charge in [-0.3, -0.25) is 0 Å². The molecule has 30 heavy (non-hydrogen) atoms. The number of aromatic amines is 1. The fourth-order valence-electron chi connectivity index (χ4n) is 3.25. The molecule has 0 fully saturated rings. The Morgan fingerprint density at radius 2 is 1.87 bits per heavy atom. The van der Waals surface area contributed by atoms with Gasteiger partial charge in [0.25, 0.3) is 0 Å². The lowest BCUT2D eigenvalue weighted by Gasteiger charge is -2.06. The Balaban J connectivity index is 1.62. The largest absolute Gasteiger partial charge is 0.497 e. The van der Waals surface area contributed by atoms with Crippen molar-refractivity contribution in [2.45, 2.75) is 0 Å². The summed E-state index contributed by atoms with van der Waals surface area (Å²) in [4.78, 5) is 7.71. The number of methoxy groups -OCH3 is 1. The van der Waals surface area contributed by atoms with Gasteiger partial charge < -0.3 is 14.1 Å². The third kappa shape index (κ3) is 3.49. The van der Waals surface area contributed by atoms with Crippen molar-refractivity contribution < 1.29 is 9.15 Å². The normalized spacial score (nSPS) is 11.9. The number of anilines is 1. The topological polar surface area (TPSA) is 75.4 Å². The van der Waals surface area contributed by atoms with Crippen molar-refractivity contribution in [3.8, 4) is 17.1 Å². The number of H-pyrrole nitrogens is 1. The molecule has 3 aromatic carbocycles. The Labute approximate surface area is 176 Å². The van der Waals surface area contributed by atoms with E-state index in [0.717, 1.165) is 27.7 Å². The average molecular weight is 417 g/mol. The maximum Gasteiger partial charge on any atom is 0.222 e. The Bertz CT molecular complexity index is 1390. The molecule has 7 heteroatoms. The molecule has 0 radical (unpaired) electrons. The van der Waals surface area contributed by atoms with Crippen LogP contribution in [0.15, 0.2) is 82.3 Å². The summed E-state index contributed by atoms with van der Waals surface area (Å²) >= 11 is 6.22. The van der Waals surface area contributed by atoms with Crippen molar-refractivity contribution >= 4 is 39.6 Å². The van der Waals surface area contributed by atoms with E-state index in [1.807, 2.05) is 66.7 Å².